The molecule has 6 heteroatoms. The Morgan fingerprint density at radius 1 is 1.45 bits per heavy atom. The Labute approximate surface area is 121 Å². The molecule has 0 atom stereocenters. The number of rotatable bonds is 6. The number of nitrogens with one attached hydrogen (secondary N) is 1. The van der Waals surface area contributed by atoms with Crippen molar-refractivity contribution in [3.05, 3.63) is 42.4 Å². The Morgan fingerprint density at radius 2 is 2.30 bits per heavy atom. The summed E-state index contributed by atoms with van der Waals surface area (Å²) in [5, 5.41) is 2.79. The van der Waals surface area contributed by atoms with Gasteiger partial charge in [-0.15, -0.1) is 11.8 Å². The van der Waals surface area contributed by atoms with Gasteiger partial charge in [0.25, 0.3) is 0 Å². The summed E-state index contributed by atoms with van der Waals surface area (Å²) >= 11 is 1.48. The van der Waals surface area contributed by atoms with E-state index in [1.165, 1.54) is 11.8 Å². The highest BCUT2D eigenvalue weighted by Crippen LogP contribution is 2.26. The van der Waals surface area contributed by atoms with Crippen LogP contribution >= 0.6 is 11.8 Å². The number of nitrogen functional groups attached to an aromatic ring is 1. The molecular formula is C14H16N2O3S. The molecule has 20 heavy (non-hydrogen) atoms. The molecular weight excluding hydrogens is 276 g/mol. The predicted octanol–water partition coefficient (Wildman–Crippen LogP) is 2.74. The van der Waals surface area contributed by atoms with Crippen LogP contribution in [0.1, 0.15) is 5.76 Å². The van der Waals surface area contributed by atoms with Crippen LogP contribution in [0, 0.1) is 0 Å². The average Bonchev–Trinajstić information content (AvgIpc) is 2.92. The van der Waals surface area contributed by atoms with Crippen LogP contribution in [0.2, 0.25) is 0 Å². The zero-order valence-corrected chi connectivity index (χ0v) is 11.9. The Balaban J connectivity index is 1.86. The van der Waals surface area contributed by atoms with E-state index in [0.717, 1.165) is 5.76 Å². The summed E-state index contributed by atoms with van der Waals surface area (Å²) in [6.07, 6.45) is 1.62. The van der Waals surface area contributed by atoms with Crippen molar-refractivity contribution in [3.8, 4) is 5.75 Å². The maximum absolute atomic E-state index is 11.9. The van der Waals surface area contributed by atoms with E-state index in [0.29, 0.717) is 28.6 Å². The number of nitrogens with two attached hydrogens (primary N) is 1. The van der Waals surface area contributed by atoms with Crippen molar-refractivity contribution in [2.24, 2.45) is 0 Å². The van der Waals surface area contributed by atoms with E-state index in [4.69, 9.17) is 14.9 Å². The van der Waals surface area contributed by atoms with Gasteiger partial charge in [0.05, 0.1) is 30.6 Å². The standard InChI is InChI=1S/C14H16N2O3S/c1-18-13-5-4-10(15)7-12(13)16-14(17)9-20-8-11-3-2-6-19-11/h2-7H,8-9,15H2,1H3,(H,16,17). The number of thioether (sulfide) groups is 1. The van der Waals surface area contributed by atoms with Crippen molar-refractivity contribution < 1.29 is 13.9 Å². The number of carbonyl (C=O) groups is 1. The number of hydrogen-bond donors (Lipinski definition) is 2. The summed E-state index contributed by atoms with van der Waals surface area (Å²) in [6, 6.07) is 8.83. The first-order valence-corrected chi connectivity index (χ1v) is 7.18. The fourth-order valence-corrected chi connectivity index (χ4v) is 2.37. The molecule has 0 bridgehead atoms. The lowest BCUT2D eigenvalue weighted by atomic mass is 10.2. The molecule has 3 N–H and O–H groups in total. The van der Waals surface area contributed by atoms with Crippen LogP contribution in [-0.4, -0.2) is 18.8 Å². The molecule has 0 aliphatic carbocycles. The first-order chi connectivity index (χ1) is 9.69. The van der Waals surface area contributed by atoms with Gasteiger partial charge in [0, 0.05) is 5.69 Å². The zero-order chi connectivity index (χ0) is 14.4. The molecule has 0 aliphatic rings. The highest BCUT2D eigenvalue weighted by molar-refractivity contribution is 7.99. The van der Waals surface area contributed by atoms with Crippen LogP contribution in [0.3, 0.4) is 0 Å². The molecule has 1 heterocycles. The topological polar surface area (TPSA) is 77.5 Å². The SMILES string of the molecule is COc1ccc(N)cc1NC(=O)CSCc1ccco1. The second-order valence-corrected chi connectivity index (χ2v) is 5.07. The first kappa shape index (κ1) is 14.3. The van der Waals surface area contributed by atoms with Gasteiger partial charge in [-0.1, -0.05) is 0 Å². The molecule has 0 spiro atoms. The van der Waals surface area contributed by atoms with Crippen molar-refractivity contribution in [3.63, 3.8) is 0 Å². The lowest BCUT2D eigenvalue weighted by molar-refractivity contribution is -0.113. The minimum Gasteiger partial charge on any atom is -0.495 e. The molecule has 0 saturated heterocycles. The number of benzene rings is 1. The number of carbonyl (C=O) groups excluding carboxylic acids is 1. The summed E-state index contributed by atoms with van der Waals surface area (Å²) in [5.41, 5.74) is 6.85. The first-order valence-electron chi connectivity index (χ1n) is 6.02. The van der Waals surface area contributed by atoms with Crippen LogP contribution < -0.4 is 15.8 Å². The van der Waals surface area contributed by atoms with Crippen molar-refractivity contribution in [1.29, 1.82) is 0 Å². The summed E-state index contributed by atoms with van der Waals surface area (Å²) in [4.78, 5) is 11.9. The number of methoxy groups -OCH3 is 1. The number of ether oxygens (including phenoxy) is 1. The maximum atomic E-state index is 11.9. The molecule has 106 valence electrons. The minimum absolute atomic E-state index is 0.106. The van der Waals surface area contributed by atoms with Crippen molar-refractivity contribution >= 4 is 29.0 Å². The van der Waals surface area contributed by atoms with Crippen LogP contribution in [0.4, 0.5) is 11.4 Å². The van der Waals surface area contributed by atoms with Gasteiger partial charge in [0.15, 0.2) is 0 Å². The molecule has 2 aromatic rings. The monoisotopic (exact) mass is 292 g/mol. The second kappa shape index (κ2) is 6.91. The van der Waals surface area contributed by atoms with E-state index < -0.39 is 0 Å². The van der Waals surface area contributed by atoms with Gasteiger partial charge in [-0.2, -0.15) is 0 Å². The Morgan fingerprint density at radius 3 is 3.00 bits per heavy atom. The largest absolute Gasteiger partial charge is 0.495 e. The number of hydrogen-bond acceptors (Lipinski definition) is 5. The van der Waals surface area contributed by atoms with Gasteiger partial charge in [0.2, 0.25) is 5.91 Å². The average molecular weight is 292 g/mol. The number of amides is 1. The Kier molecular flexibility index (Phi) is 4.95. The Hall–Kier alpha value is -2.08. The quantitative estimate of drug-likeness (QED) is 0.800. The minimum atomic E-state index is -0.106. The fourth-order valence-electron chi connectivity index (χ4n) is 1.65. The molecule has 0 fully saturated rings. The molecule has 2 rings (SSSR count). The zero-order valence-electron chi connectivity index (χ0n) is 11.1. The normalized spacial score (nSPS) is 10.2. The second-order valence-electron chi connectivity index (χ2n) is 4.08. The van der Waals surface area contributed by atoms with E-state index in [1.807, 2.05) is 12.1 Å². The molecule has 0 radical (unpaired) electrons. The van der Waals surface area contributed by atoms with Crippen LogP contribution in [0.5, 0.6) is 5.75 Å². The Bertz CT molecular complexity index is 570. The summed E-state index contributed by atoms with van der Waals surface area (Å²) in [7, 11) is 1.55. The highest BCUT2D eigenvalue weighted by atomic mass is 32.2. The van der Waals surface area contributed by atoms with E-state index in [1.54, 1.807) is 31.6 Å². The molecule has 1 aromatic heterocycles. The van der Waals surface area contributed by atoms with Gasteiger partial charge in [0.1, 0.15) is 11.5 Å². The smallest absolute Gasteiger partial charge is 0.234 e. The lowest BCUT2D eigenvalue weighted by Gasteiger charge is -2.10. The van der Waals surface area contributed by atoms with E-state index in [-0.39, 0.29) is 5.91 Å². The van der Waals surface area contributed by atoms with Crippen molar-refractivity contribution in [1.82, 2.24) is 0 Å². The van der Waals surface area contributed by atoms with Gasteiger partial charge >= 0.3 is 0 Å². The molecule has 0 unspecified atom stereocenters. The molecule has 1 aromatic carbocycles. The van der Waals surface area contributed by atoms with Gasteiger partial charge < -0.3 is 20.2 Å². The number of furan rings is 1. The van der Waals surface area contributed by atoms with E-state index in [2.05, 4.69) is 5.32 Å². The third-order valence-electron chi connectivity index (χ3n) is 2.56. The predicted molar refractivity (Wildman–Crippen MR) is 80.9 cm³/mol. The lowest BCUT2D eigenvalue weighted by Crippen LogP contribution is -2.15. The highest BCUT2D eigenvalue weighted by Gasteiger charge is 2.08. The van der Waals surface area contributed by atoms with E-state index in [9.17, 15) is 4.79 Å². The number of anilines is 2. The van der Waals surface area contributed by atoms with Crippen molar-refractivity contribution in [2.75, 3.05) is 23.9 Å². The maximum Gasteiger partial charge on any atom is 0.234 e. The fraction of sp³-hybridized carbons (Fsp3) is 0.214. The third kappa shape index (κ3) is 3.96. The summed E-state index contributed by atoms with van der Waals surface area (Å²) < 4.78 is 10.4. The molecule has 0 saturated carbocycles. The van der Waals surface area contributed by atoms with Crippen molar-refractivity contribution in [2.45, 2.75) is 5.75 Å². The molecule has 0 aliphatic heterocycles. The summed E-state index contributed by atoms with van der Waals surface area (Å²) in [5.74, 6) is 2.33. The van der Waals surface area contributed by atoms with Gasteiger partial charge in [-0.3, -0.25) is 4.79 Å². The summed E-state index contributed by atoms with van der Waals surface area (Å²) in [6.45, 7) is 0. The molecule has 5 nitrogen and oxygen atoms in total. The van der Waals surface area contributed by atoms with E-state index >= 15 is 0 Å². The van der Waals surface area contributed by atoms with Crippen LogP contribution in [0.15, 0.2) is 41.0 Å². The van der Waals surface area contributed by atoms with Gasteiger partial charge in [-0.05, 0) is 30.3 Å². The van der Waals surface area contributed by atoms with Gasteiger partial charge in [-0.25, -0.2) is 0 Å². The van der Waals surface area contributed by atoms with Crippen LogP contribution in [-0.2, 0) is 10.5 Å². The third-order valence-corrected chi connectivity index (χ3v) is 3.51. The molecule has 1 amide bonds. The van der Waals surface area contributed by atoms with Crippen LogP contribution in [0.25, 0.3) is 0 Å².